The van der Waals surface area contributed by atoms with Gasteiger partial charge in [0, 0.05) is 13.1 Å². The van der Waals surface area contributed by atoms with Crippen LogP contribution in [0, 0.1) is 5.82 Å². The molecule has 0 saturated carbocycles. The molecule has 1 N–H and O–H groups in total. The fourth-order valence-corrected chi connectivity index (χ4v) is 5.78. The Bertz CT molecular complexity index is 806. The summed E-state index contributed by atoms with van der Waals surface area (Å²) in [5.41, 5.74) is -0.211. The van der Waals surface area contributed by atoms with Gasteiger partial charge in [0.15, 0.2) is 0 Å². The molecule has 2 heterocycles. The van der Waals surface area contributed by atoms with Gasteiger partial charge in [0.2, 0.25) is 0 Å². The first kappa shape index (κ1) is 22.9. The van der Waals surface area contributed by atoms with Crippen LogP contribution in [0.15, 0.2) is 26.1 Å². The average Bonchev–Trinajstić information content (AvgIpc) is 3.05. The van der Waals surface area contributed by atoms with Crippen LogP contribution in [0.4, 0.5) is 9.18 Å². The lowest BCUT2D eigenvalue weighted by Gasteiger charge is -2.32. The number of alkyl carbamates (subject to hydrolysis) is 1. The zero-order valence-electron chi connectivity index (χ0n) is 17.2. The van der Waals surface area contributed by atoms with Crippen molar-refractivity contribution in [2.45, 2.75) is 63.6 Å². The Morgan fingerprint density at radius 1 is 1.39 bits per heavy atom. The van der Waals surface area contributed by atoms with E-state index in [0.717, 1.165) is 0 Å². The summed E-state index contributed by atoms with van der Waals surface area (Å²) in [4.78, 5) is 21.2. The minimum Gasteiger partial charge on any atom is -0.444 e. The van der Waals surface area contributed by atoms with E-state index in [2.05, 4.69) is 31.2 Å². The number of pyridine rings is 1. The van der Waals surface area contributed by atoms with Crippen molar-refractivity contribution in [2.24, 2.45) is 9.36 Å². The van der Waals surface area contributed by atoms with E-state index in [1.165, 1.54) is 6.07 Å². The lowest BCUT2D eigenvalue weighted by atomic mass is 10.1. The van der Waals surface area contributed by atoms with Gasteiger partial charge in [-0.1, -0.05) is 10.7 Å². The zero-order chi connectivity index (χ0) is 21.1. The van der Waals surface area contributed by atoms with E-state index in [-0.39, 0.29) is 11.1 Å². The lowest BCUT2D eigenvalue weighted by Crippen LogP contribution is -2.49. The van der Waals surface area contributed by atoms with Crippen molar-refractivity contribution in [1.29, 1.82) is 0 Å². The first-order valence-electron chi connectivity index (χ1n) is 9.23. The quantitative estimate of drug-likeness (QED) is 0.380. The largest absolute Gasteiger partial charge is 0.444 e. The van der Waals surface area contributed by atoms with Crippen LogP contribution in [0.3, 0.4) is 0 Å². The SMILES string of the molecule is CCN=C(NC(=O)OC(C)(C)C)C(C)(C)S1=NCCC1c1nc(Br)ccc1F. The Balaban J connectivity index is 2.34. The van der Waals surface area contributed by atoms with E-state index in [4.69, 9.17) is 9.10 Å². The van der Waals surface area contributed by atoms with Crippen LogP contribution >= 0.6 is 15.9 Å². The summed E-state index contributed by atoms with van der Waals surface area (Å²) in [6.07, 6.45) is 0.151. The third-order valence-corrected chi connectivity index (χ3v) is 7.20. The zero-order valence-corrected chi connectivity index (χ0v) is 19.6. The van der Waals surface area contributed by atoms with E-state index >= 15 is 0 Å². The van der Waals surface area contributed by atoms with Crippen LogP contribution < -0.4 is 5.32 Å². The maximum atomic E-state index is 14.5. The second-order valence-corrected chi connectivity index (χ2v) is 11.2. The molecule has 1 aliphatic heterocycles. The maximum Gasteiger partial charge on any atom is 0.413 e. The minimum absolute atomic E-state index is 0.171. The number of ether oxygens (including phenoxy) is 1. The molecule has 0 saturated heterocycles. The molecule has 28 heavy (non-hydrogen) atoms. The number of nitrogens with one attached hydrogen (secondary N) is 1. The molecule has 1 aliphatic rings. The predicted molar refractivity (Wildman–Crippen MR) is 115 cm³/mol. The third kappa shape index (κ3) is 5.59. The number of amides is 1. The van der Waals surface area contributed by atoms with Gasteiger partial charge < -0.3 is 4.74 Å². The Morgan fingerprint density at radius 2 is 2.07 bits per heavy atom. The summed E-state index contributed by atoms with van der Waals surface area (Å²) in [6.45, 7) is 12.4. The standard InChI is InChI=1S/C19H28BrFN4O2S/c1-7-22-16(25-17(26)27-18(2,3)4)19(5,6)28-13(10-11-23-28)15-12(21)8-9-14(20)24-15/h8-9,13H,7,10-11H2,1-6H3,(H,22,25,26). The van der Waals surface area contributed by atoms with Crippen molar-refractivity contribution in [3.05, 3.63) is 28.2 Å². The van der Waals surface area contributed by atoms with Crippen molar-refractivity contribution in [3.63, 3.8) is 0 Å². The number of amidine groups is 1. The molecule has 0 spiro atoms. The van der Waals surface area contributed by atoms with Gasteiger partial charge in [0.05, 0.1) is 15.7 Å². The second-order valence-electron chi connectivity index (χ2n) is 7.91. The number of hydrogen-bond donors (Lipinski definition) is 1. The van der Waals surface area contributed by atoms with Crippen LogP contribution in [0.25, 0.3) is 0 Å². The number of nitrogens with zero attached hydrogens (tertiary/aromatic N) is 3. The summed E-state index contributed by atoms with van der Waals surface area (Å²) in [5, 5.41) is 2.63. The number of aromatic nitrogens is 1. The molecule has 1 aromatic heterocycles. The first-order valence-corrected chi connectivity index (χ1v) is 11.3. The first-order chi connectivity index (χ1) is 13.0. The molecule has 2 rings (SSSR count). The van der Waals surface area contributed by atoms with Crippen molar-refractivity contribution in [2.75, 3.05) is 13.1 Å². The number of halogens is 2. The average molecular weight is 475 g/mol. The molecule has 2 atom stereocenters. The molecule has 0 radical (unpaired) electrons. The second kappa shape index (κ2) is 8.98. The molecule has 0 aromatic carbocycles. The number of carbonyl (C=O) groups excluding carboxylic acids is 1. The fraction of sp³-hybridized carbons (Fsp3) is 0.632. The number of hydrogen-bond acceptors (Lipinski definition) is 5. The summed E-state index contributed by atoms with van der Waals surface area (Å²) < 4.78 is 24.6. The number of carbonyl (C=O) groups is 1. The molecule has 9 heteroatoms. The monoisotopic (exact) mass is 474 g/mol. The van der Waals surface area contributed by atoms with Gasteiger partial charge >= 0.3 is 6.09 Å². The molecular weight excluding hydrogens is 447 g/mol. The van der Waals surface area contributed by atoms with Gasteiger partial charge in [-0.25, -0.2) is 14.2 Å². The van der Waals surface area contributed by atoms with E-state index in [9.17, 15) is 9.18 Å². The van der Waals surface area contributed by atoms with Crippen molar-refractivity contribution in [1.82, 2.24) is 10.3 Å². The van der Waals surface area contributed by atoms with Crippen LogP contribution in [-0.4, -0.2) is 40.4 Å². The molecule has 156 valence electrons. The number of rotatable bonds is 4. The van der Waals surface area contributed by atoms with Crippen molar-refractivity contribution in [3.8, 4) is 0 Å². The van der Waals surface area contributed by atoms with E-state index < -0.39 is 27.1 Å². The summed E-state index contributed by atoms with van der Waals surface area (Å²) >= 11 is 3.33. The highest BCUT2D eigenvalue weighted by Crippen LogP contribution is 2.38. The Kier molecular flexibility index (Phi) is 7.36. The predicted octanol–water partition coefficient (Wildman–Crippen LogP) is 4.95. The molecule has 2 unspecified atom stereocenters. The van der Waals surface area contributed by atoms with Crippen LogP contribution in [0.2, 0.25) is 0 Å². The van der Waals surface area contributed by atoms with Gasteiger partial charge in [-0.2, -0.15) is 0 Å². The molecule has 1 aromatic rings. The van der Waals surface area contributed by atoms with Crippen LogP contribution in [0.1, 0.15) is 58.9 Å². The smallest absolute Gasteiger partial charge is 0.413 e. The molecule has 0 fully saturated rings. The summed E-state index contributed by atoms with van der Waals surface area (Å²) in [6, 6.07) is 3.00. The van der Waals surface area contributed by atoms with Crippen molar-refractivity contribution >= 4 is 38.6 Å². The van der Waals surface area contributed by atoms with Crippen molar-refractivity contribution < 1.29 is 13.9 Å². The Hall–Kier alpha value is -1.35. The van der Waals surface area contributed by atoms with Gasteiger partial charge in [0.25, 0.3) is 0 Å². The van der Waals surface area contributed by atoms with Gasteiger partial charge in [-0.3, -0.25) is 14.7 Å². The highest BCUT2D eigenvalue weighted by atomic mass is 79.9. The van der Waals surface area contributed by atoms with Gasteiger partial charge in [0.1, 0.15) is 21.9 Å². The number of aliphatic imine (C=N–C) groups is 1. The normalized spacial score (nSPS) is 20.6. The highest BCUT2D eigenvalue weighted by Gasteiger charge is 2.40. The third-order valence-electron chi connectivity index (χ3n) is 4.06. The lowest BCUT2D eigenvalue weighted by molar-refractivity contribution is 0.0561. The minimum atomic E-state index is -0.615. The molecule has 1 amide bonds. The molecule has 6 nitrogen and oxygen atoms in total. The molecule has 0 aliphatic carbocycles. The van der Waals surface area contributed by atoms with Gasteiger partial charge in [-0.15, -0.1) is 0 Å². The topological polar surface area (TPSA) is 75.9 Å². The summed E-state index contributed by atoms with van der Waals surface area (Å²) in [5.74, 6) is 0.159. The Morgan fingerprint density at radius 3 is 2.68 bits per heavy atom. The Labute approximate surface area is 177 Å². The maximum absolute atomic E-state index is 14.5. The molecule has 0 bridgehead atoms. The fourth-order valence-electron chi connectivity index (χ4n) is 2.93. The highest BCUT2D eigenvalue weighted by molar-refractivity contribution is 9.10. The van der Waals surface area contributed by atoms with E-state index in [1.807, 2.05) is 20.8 Å². The van der Waals surface area contributed by atoms with E-state index in [1.54, 1.807) is 26.8 Å². The van der Waals surface area contributed by atoms with E-state index in [0.29, 0.717) is 35.6 Å². The molecular formula is C19H28BrFN4O2S. The van der Waals surface area contributed by atoms with Crippen LogP contribution in [0.5, 0.6) is 0 Å². The van der Waals surface area contributed by atoms with Gasteiger partial charge in [-0.05, 0) is 76.0 Å². The van der Waals surface area contributed by atoms with Crippen LogP contribution in [-0.2, 0) is 15.4 Å². The summed E-state index contributed by atoms with van der Waals surface area (Å²) in [7, 11) is -0.615.